The normalized spacial score (nSPS) is 52.8. The summed E-state index contributed by atoms with van der Waals surface area (Å²) in [6.07, 6.45) is 7.66. The van der Waals surface area contributed by atoms with Crippen molar-refractivity contribution in [2.45, 2.75) is 38.1 Å². The van der Waals surface area contributed by atoms with Crippen LogP contribution in [0.25, 0.3) is 0 Å². The van der Waals surface area contributed by atoms with Crippen LogP contribution in [0.4, 0.5) is 0 Å². The molecule has 0 aromatic carbocycles. The highest BCUT2D eigenvalue weighted by atomic mass is 15.2. The zero-order valence-electron chi connectivity index (χ0n) is 8.00. The fourth-order valence-electron chi connectivity index (χ4n) is 4.17. The fraction of sp³-hybridized carbons (Fsp3) is 1.00. The van der Waals surface area contributed by atoms with Crippen LogP contribution in [0.5, 0.6) is 0 Å². The first-order valence-corrected chi connectivity index (χ1v) is 5.56. The van der Waals surface area contributed by atoms with E-state index in [4.69, 9.17) is 0 Å². The smallest absolute Gasteiger partial charge is 0.0123 e. The van der Waals surface area contributed by atoms with E-state index in [9.17, 15) is 0 Å². The van der Waals surface area contributed by atoms with Gasteiger partial charge in [0.2, 0.25) is 0 Å². The lowest BCUT2D eigenvalue weighted by Crippen LogP contribution is -2.54. The first-order valence-electron chi connectivity index (χ1n) is 5.56. The Labute approximate surface area is 75.1 Å². The van der Waals surface area contributed by atoms with Crippen LogP contribution >= 0.6 is 0 Å². The molecular formula is C11H19N. The van der Waals surface area contributed by atoms with Crippen LogP contribution in [0.15, 0.2) is 0 Å². The largest absolute Gasteiger partial charge is 0.303 e. The summed E-state index contributed by atoms with van der Waals surface area (Å²) in [5.74, 6) is 3.31. The zero-order chi connectivity index (χ0) is 8.13. The van der Waals surface area contributed by atoms with Crippen LogP contribution in [-0.4, -0.2) is 24.5 Å². The van der Waals surface area contributed by atoms with Crippen LogP contribution in [0.3, 0.4) is 0 Å². The monoisotopic (exact) mass is 165 g/mol. The van der Waals surface area contributed by atoms with Crippen LogP contribution in [0, 0.1) is 17.8 Å². The van der Waals surface area contributed by atoms with Gasteiger partial charge in [0.15, 0.2) is 0 Å². The van der Waals surface area contributed by atoms with Gasteiger partial charge in [0, 0.05) is 12.6 Å². The molecule has 2 heterocycles. The van der Waals surface area contributed by atoms with Gasteiger partial charge in [-0.2, -0.15) is 0 Å². The minimum atomic E-state index is 0.975. The Morgan fingerprint density at radius 2 is 1.83 bits per heavy atom. The molecule has 12 heavy (non-hydrogen) atoms. The van der Waals surface area contributed by atoms with Gasteiger partial charge in [-0.15, -0.1) is 0 Å². The maximum absolute atomic E-state index is 2.64. The maximum Gasteiger partial charge on any atom is 0.0123 e. The van der Waals surface area contributed by atoms with Crippen LogP contribution in [0.1, 0.15) is 32.1 Å². The molecule has 2 saturated heterocycles. The van der Waals surface area contributed by atoms with Crippen molar-refractivity contribution in [3.05, 3.63) is 0 Å². The van der Waals surface area contributed by atoms with Crippen molar-refractivity contribution in [2.75, 3.05) is 13.6 Å². The highest BCUT2D eigenvalue weighted by Gasteiger charge is 2.47. The Kier molecular flexibility index (Phi) is 1.52. The zero-order valence-corrected chi connectivity index (χ0v) is 8.00. The van der Waals surface area contributed by atoms with E-state index in [2.05, 4.69) is 11.9 Å². The molecule has 0 aromatic rings. The summed E-state index contributed by atoms with van der Waals surface area (Å²) in [7, 11) is 2.34. The summed E-state index contributed by atoms with van der Waals surface area (Å²) in [6, 6.07) is 0.975. The highest BCUT2D eigenvalue weighted by Crippen LogP contribution is 2.50. The van der Waals surface area contributed by atoms with Crippen molar-refractivity contribution in [1.82, 2.24) is 4.90 Å². The molecule has 1 nitrogen and oxygen atoms in total. The predicted octanol–water partition coefficient (Wildman–Crippen LogP) is 2.13. The van der Waals surface area contributed by atoms with E-state index in [0.717, 1.165) is 23.8 Å². The van der Waals surface area contributed by atoms with E-state index in [-0.39, 0.29) is 0 Å². The second-order valence-electron chi connectivity index (χ2n) is 5.10. The third kappa shape index (κ3) is 0.834. The Morgan fingerprint density at radius 1 is 1.00 bits per heavy atom. The molecule has 1 heteroatoms. The first-order chi connectivity index (χ1) is 5.86. The van der Waals surface area contributed by atoms with Gasteiger partial charge in [0.25, 0.3) is 0 Å². The number of fused-ring (bicyclic) bond motifs is 2. The number of hydrogen-bond donors (Lipinski definition) is 0. The molecule has 0 aromatic heterocycles. The van der Waals surface area contributed by atoms with Gasteiger partial charge in [-0.05, 0) is 50.5 Å². The second kappa shape index (κ2) is 2.47. The van der Waals surface area contributed by atoms with Crippen molar-refractivity contribution >= 4 is 0 Å². The molecule has 4 atom stereocenters. The molecule has 2 aliphatic heterocycles. The van der Waals surface area contributed by atoms with Crippen LogP contribution < -0.4 is 0 Å². The van der Waals surface area contributed by atoms with Gasteiger partial charge in [0.05, 0.1) is 0 Å². The number of hydrogen-bond acceptors (Lipinski definition) is 1. The lowest BCUT2D eigenvalue weighted by Gasteiger charge is -2.51. The molecule has 4 fully saturated rings. The van der Waals surface area contributed by atoms with E-state index in [1.807, 2.05) is 0 Å². The lowest BCUT2D eigenvalue weighted by molar-refractivity contribution is -0.0176. The van der Waals surface area contributed by atoms with E-state index < -0.39 is 0 Å². The minimum Gasteiger partial charge on any atom is -0.303 e. The summed E-state index contributed by atoms with van der Waals surface area (Å²) < 4.78 is 0. The molecule has 4 rings (SSSR count). The summed E-state index contributed by atoms with van der Waals surface area (Å²) in [4.78, 5) is 2.64. The quantitative estimate of drug-likeness (QED) is 0.531. The second-order valence-corrected chi connectivity index (χ2v) is 5.10. The lowest BCUT2D eigenvalue weighted by atomic mass is 9.67. The van der Waals surface area contributed by atoms with Crippen molar-refractivity contribution in [3.8, 4) is 0 Å². The van der Waals surface area contributed by atoms with E-state index in [1.165, 1.54) is 32.2 Å². The summed E-state index contributed by atoms with van der Waals surface area (Å²) in [5.41, 5.74) is 0. The average molecular weight is 165 g/mol. The standard InChI is InChI=1S/C11H19N/c1-12-7-8-5-6-11(12)10-4-2-3-9(8)10/h8-11H,2-7H2,1H3. The molecule has 0 N–H and O–H groups in total. The van der Waals surface area contributed by atoms with Crippen molar-refractivity contribution in [1.29, 1.82) is 0 Å². The van der Waals surface area contributed by atoms with E-state index in [0.29, 0.717) is 0 Å². The van der Waals surface area contributed by atoms with Gasteiger partial charge in [0.1, 0.15) is 0 Å². The molecule has 0 radical (unpaired) electrons. The van der Waals surface area contributed by atoms with Crippen molar-refractivity contribution in [3.63, 3.8) is 0 Å². The summed E-state index contributed by atoms with van der Waals surface area (Å²) in [5, 5.41) is 0. The topological polar surface area (TPSA) is 3.24 Å². The van der Waals surface area contributed by atoms with Crippen molar-refractivity contribution in [2.24, 2.45) is 17.8 Å². The maximum atomic E-state index is 2.64. The molecule has 2 aliphatic carbocycles. The number of rotatable bonds is 0. The summed E-state index contributed by atoms with van der Waals surface area (Å²) >= 11 is 0. The molecular weight excluding hydrogens is 146 g/mol. The third-order valence-electron chi connectivity index (χ3n) is 4.65. The first kappa shape index (κ1) is 7.37. The van der Waals surface area contributed by atoms with Gasteiger partial charge in [-0.1, -0.05) is 6.42 Å². The van der Waals surface area contributed by atoms with Crippen LogP contribution in [0.2, 0.25) is 0 Å². The Balaban J connectivity index is 1.90. The SMILES string of the molecule is CN1CC2CCC1C1CCCC21. The molecule has 4 aliphatic rings. The molecule has 68 valence electrons. The van der Waals surface area contributed by atoms with E-state index >= 15 is 0 Å². The minimum absolute atomic E-state index is 0.975. The van der Waals surface area contributed by atoms with E-state index in [1.54, 1.807) is 6.42 Å². The Morgan fingerprint density at radius 3 is 2.67 bits per heavy atom. The van der Waals surface area contributed by atoms with Crippen molar-refractivity contribution < 1.29 is 0 Å². The molecule has 2 saturated carbocycles. The third-order valence-corrected chi connectivity index (χ3v) is 4.65. The van der Waals surface area contributed by atoms with Gasteiger partial charge in [-0.25, -0.2) is 0 Å². The Bertz CT molecular complexity index is 189. The number of piperidine rings is 2. The summed E-state index contributed by atoms with van der Waals surface area (Å²) in [6.45, 7) is 1.41. The fourth-order valence-corrected chi connectivity index (χ4v) is 4.17. The van der Waals surface area contributed by atoms with Gasteiger partial charge in [-0.3, -0.25) is 0 Å². The molecule has 4 unspecified atom stereocenters. The van der Waals surface area contributed by atoms with Crippen LogP contribution in [-0.2, 0) is 0 Å². The molecule has 0 spiro atoms. The Hall–Kier alpha value is -0.0400. The van der Waals surface area contributed by atoms with Gasteiger partial charge >= 0.3 is 0 Å². The molecule has 0 amide bonds. The highest BCUT2D eigenvalue weighted by molar-refractivity contribution is 5.00. The molecule has 2 bridgehead atoms. The van der Waals surface area contributed by atoms with Gasteiger partial charge < -0.3 is 4.90 Å². The average Bonchev–Trinajstić information content (AvgIpc) is 2.53. The number of nitrogens with zero attached hydrogens (tertiary/aromatic N) is 1. The predicted molar refractivity (Wildman–Crippen MR) is 50.0 cm³/mol.